The van der Waals surface area contributed by atoms with E-state index in [2.05, 4.69) is 28.9 Å². The summed E-state index contributed by atoms with van der Waals surface area (Å²) in [7, 11) is 1.87. The summed E-state index contributed by atoms with van der Waals surface area (Å²) < 4.78 is 1.75. The molecule has 0 saturated heterocycles. The van der Waals surface area contributed by atoms with Crippen LogP contribution in [0.15, 0.2) is 6.33 Å². The number of hydrogen-bond acceptors (Lipinski definition) is 3. The lowest BCUT2D eigenvalue weighted by molar-refractivity contribution is 0.624. The van der Waals surface area contributed by atoms with Crippen LogP contribution in [0.2, 0.25) is 5.15 Å². The molecular formula is C10H13ClN4. The molecule has 0 radical (unpaired) electrons. The van der Waals surface area contributed by atoms with Gasteiger partial charge in [-0.1, -0.05) is 25.4 Å². The normalized spacial score (nSPS) is 11.5. The highest BCUT2D eigenvalue weighted by Crippen LogP contribution is 2.24. The number of nitrogens with zero attached hydrogens (tertiary/aromatic N) is 4. The Labute approximate surface area is 93.3 Å². The molecule has 0 aromatic carbocycles. The second-order valence-corrected chi connectivity index (χ2v) is 4.39. The molecule has 0 amide bonds. The smallest absolute Gasteiger partial charge is 0.162 e. The molecule has 0 N–H and O–H groups in total. The minimum atomic E-state index is 0.490. The van der Waals surface area contributed by atoms with Crippen molar-refractivity contribution < 1.29 is 0 Å². The fourth-order valence-electron chi connectivity index (χ4n) is 1.66. The lowest BCUT2D eigenvalue weighted by Crippen LogP contribution is -1.97. The van der Waals surface area contributed by atoms with Crippen molar-refractivity contribution in [2.45, 2.75) is 20.3 Å². The van der Waals surface area contributed by atoms with Crippen molar-refractivity contribution in [2.75, 3.05) is 0 Å². The fourth-order valence-corrected chi connectivity index (χ4v) is 1.89. The van der Waals surface area contributed by atoms with E-state index < -0.39 is 0 Å². The molecule has 2 aromatic heterocycles. The summed E-state index contributed by atoms with van der Waals surface area (Å²) in [6, 6.07) is 0. The molecule has 0 atom stereocenters. The Morgan fingerprint density at radius 3 is 2.80 bits per heavy atom. The van der Waals surface area contributed by atoms with Gasteiger partial charge in [0.05, 0.1) is 11.1 Å². The Morgan fingerprint density at radius 2 is 2.13 bits per heavy atom. The molecule has 0 aliphatic carbocycles. The third-order valence-electron chi connectivity index (χ3n) is 2.25. The van der Waals surface area contributed by atoms with Gasteiger partial charge in [-0.3, -0.25) is 4.68 Å². The maximum atomic E-state index is 6.05. The first-order valence-electron chi connectivity index (χ1n) is 4.91. The lowest BCUT2D eigenvalue weighted by atomic mass is 10.1. The van der Waals surface area contributed by atoms with Crippen molar-refractivity contribution in [3.05, 3.63) is 17.2 Å². The number of fused-ring (bicyclic) bond motifs is 1. The van der Waals surface area contributed by atoms with Gasteiger partial charge in [0.1, 0.15) is 11.5 Å². The molecule has 5 heteroatoms. The molecule has 0 fully saturated rings. The number of aryl methyl sites for hydroxylation is 1. The summed E-state index contributed by atoms with van der Waals surface area (Å²) in [4.78, 5) is 8.16. The van der Waals surface area contributed by atoms with Gasteiger partial charge in [0.15, 0.2) is 5.65 Å². The largest absolute Gasteiger partial charge is 0.250 e. The number of halogens is 1. The van der Waals surface area contributed by atoms with Crippen molar-refractivity contribution in [3.63, 3.8) is 0 Å². The highest BCUT2D eigenvalue weighted by molar-refractivity contribution is 6.34. The van der Waals surface area contributed by atoms with Crippen molar-refractivity contribution >= 4 is 22.6 Å². The van der Waals surface area contributed by atoms with E-state index in [-0.39, 0.29) is 0 Å². The van der Waals surface area contributed by atoms with Gasteiger partial charge < -0.3 is 0 Å². The zero-order valence-electron chi connectivity index (χ0n) is 9.03. The number of rotatable bonds is 2. The Balaban J connectivity index is 2.65. The zero-order valence-corrected chi connectivity index (χ0v) is 9.78. The van der Waals surface area contributed by atoms with Crippen LogP contribution in [-0.4, -0.2) is 19.7 Å². The van der Waals surface area contributed by atoms with Crippen LogP contribution in [-0.2, 0) is 13.5 Å². The van der Waals surface area contributed by atoms with E-state index in [0.717, 1.165) is 23.1 Å². The molecule has 0 unspecified atom stereocenters. The van der Waals surface area contributed by atoms with Crippen LogP contribution in [0.5, 0.6) is 0 Å². The molecule has 2 heterocycles. The Kier molecular flexibility index (Phi) is 2.61. The van der Waals surface area contributed by atoms with Crippen molar-refractivity contribution in [1.29, 1.82) is 0 Å². The van der Waals surface area contributed by atoms with E-state index in [1.54, 1.807) is 4.68 Å². The second-order valence-electron chi connectivity index (χ2n) is 4.03. The fraction of sp³-hybridized carbons (Fsp3) is 0.500. The van der Waals surface area contributed by atoms with Crippen LogP contribution in [0.1, 0.15) is 19.5 Å². The van der Waals surface area contributed by atoms with Crippen molar-refractivity contribution in [1.82, 2.24) is 19.7 Å². The van der Waals surface area contributed by atoms with Gasteiger partial charge in [0, 0.05) is 7.05 Å². The molecule has 0 aliphatic rings. The summed E-state index contributed by atoms with van der Waals surface area (Å²) in [5.41, 5.74) is 1.78. The molecule has 80 valence electrons. The van der Waals surface area contributed by atoms with Gasteiger partial charge in [-0.2, -0.15) is 5.10 Å². The summed E-state index contributed by atoms with van der Waals surface area (Å²) >= 11 is 6.05. The van der Waals surface area contributed by atoms with Gasteiger partial charge in [0.25, 0.3) is 0 Å². The number of aromatic nitrogens is 4. The first kappa shape index (κ1) is 10.4. The first-order valence-corrected chi connectivity index (χ1v) is 5.29. The maximum absolute atomic E-state index is 6.05. The molecule has 2 aromatic rings. The predicted octanol–water partition coefficient (Wildman–Crippen LogP) is 2.22. The monoisotopic (exact) mass is 224 g/mol. The van der Waals surface area contributed by atoms with E-state index in [0.29, 0.717) is 11.1 Å². The van der Waals surface area contributed by atoms with E-state index in [4.69, 9.17) is 11.6 Å². The molecule has 0 bridgehead atoms. The van der Waals surface area contributed by atoms with Crippen LogP contribution in [0.3, 0.4) is 0 Å². The molecule has 0 saturated carbocycles. The third kappa shape index (κ3) is 1.81. The Hall–Kier alpha value is -1.16. The average molecular weight is 225 g/mol. The maximum Gasteiger partial charge on any atom is 0.162 e. The third-order valence-corrected chi connectivity index (χ3v) is 2.53. The standard InChI is InChI=1S/C10H13ClN4/c1-6(2)4-7-8-9(11)12-5-13-10(8)15(3)14-7/h5-6H,4H2,1-3H3. The van der Waals surface area contributed by atoms with Crippen LogP contribution in [0.25, 0.3) is 11.0 Å². The molecule has 2 rings (SSSR count). The first-order chi connectivity index (χ1) is 7.09. The van der Waals surface area contributed by atoms with Crippen LogP contribution < -0.4 is 0 Å². The highest BCUT2D eigenvalue weighted by atomic mass is 35.5. The molecular weight excluding hydrogens is 212 g/mol. The summed E-state index contributed by atoms with van der Waals surface area (Å²) in [6.07, 6.45) is 2.36. The van der Waals surface area contributed by atoms with Gasteiger partial charge in [-0.25, -0.2) is 9.97 Å². The van der Waals surface area contributed by atoms with Gasteiger partial charge in [-0.15, -0.1) is 0 Å². The summed E-state index contributed by atoms with van der Waals surface area (Å²) in [5, 5.41) is 5.79. The van der Waals surface area contributed by atoms with Crippen LogP contribution >= 0.6 is 11.6 Å². The summed E-state index contributed by atoms with van der Waals surface area (Å²) in [5.74, 6) is 0.541. The molecule has 0 spiro atoms. The zero-order chi connectivity index (χ0) is 11.0. The van der Waals surface area contributed by atoms with Crippen molar-refractivity contribution in [2.24, 2.45) is 13.0 Å². The van der Waals surface area contributed by atoms with E-state index in [1.807, 2.05) is 7.05 Å². The van der Waals surface area contributed by atoms with E-state index in [9.17, 15) is 0 Å². The van der Waals surface area contributed by atoms with Gasteiger partial charge in [0.2, 0.25) is 0 Å². The van der Waals surface area contributed by atoms with E-state index in [1.165, 1.54) is 6.33 Å². The lowest BCUT2D eigenvalue weighted by Gasteiger charge is -2.00. The molecule has 4 nitrogen and oxygen atoms in total. The predicted molar refractivity (Wildman–Crippen MR) is 59.9 cm³/mol. The minimum Gasteiger partial charge on any atom is -0.250 e. The average Bonchev–Trinajstić information content (AvgIpc) is 2.44. The Bertz CT molecular complexity index is 489. The topological polar surface area (TPSA) is 43.6 Å². The quantitative estimate of drug-likeness (QED) is 0.735. The SMILES string of the molecule is CC(C)Cc1nn(C)c2ncnc(Cl)c12. The minimum absolute atomic E-state index is 0.490. The molecule has 15 heavy (non-hydrogen) atoms. The second kappa shape index (κ2) is 3.77. The highest BCUT2D eigenvalue weighted by Gasteiger charge is 2.14. The van der Waals surface area contributed by atoms with Gasteiger partial charge >= 0.3 is 0 Å². The summed E-state index contributed by atoms with van der Waals surface area (Å²) in [6.45, 7) is 4.30. The van der Waals surface area contributed by atoms with Crippen molar-refractivity contribution in [3.8, 4) is 0 Å². The number of hydrogen-bond donors (Lipinski definition) is 0. The van der Waals surface area contributed by atoms with E-state index >= 15 is 0 Å². The molecule has 0 aliphatic heterocycles. The Morgan fingerprint density at radius 1 is 1.40 bits per heavy atom. The van der Waals surface area contributed by atoms with Gasteiger partial charge in [-0.05, 0) is 12.3 Å². The van der Waals surface area contributed by atoms with Crippen LogP contribution in [0, 0.1) is 5.92 Å². The van der Waals surface area contributed by atoms with Crippen LogP contribution in [0.4, 0.5) is 0 Å².